The summed E-state index contributed by atoms with van der Waals surface area (Å²) in [5, 5.41) is 0. The van der Waals surface area contributed by atoms with E-state index < -0.39 is 16.2 Å². The molecule has 42 heavy (non-hydrogen) atoms. The van der Waals surface area contributed by atoms with Crippen molar-refractivity contribution < 1.29 is 28.6 Å². The molecule has 0 amide bonds. The predicted octanol–water partition coefficient (Wildman–Crippen LogP) is 9.00. The number of hydrogen-bond donors (Lipinski definition) is 0. The van der Waals surface area contributed by atoms with Crippen LogP contribution in [0, 0.1) is 33.5 Å². The van der Waals surface area contributed by atoms with Crippen LogP contribution < -0.4 is 0 Å². The zero-order valence-corrected chi connectivity index (χ0v) is 28.1. The number of hydrogen-bond acceptors (Lipinski definition) is 6. The number of unbranched alkanes of at least 4 members (excludes halogenated alkanes) is 2. The van der Waals surface area contributed by atoms with Gasteiger partial charge in [0.2, 0.25) is 0 Å². The minimum Gasteiger partial charge on any atom is -0.465 e. The molecule has 6 nitrogen and oxygen atoms in total. The van der Waals surface area contributed by atoms with E-state index in [9.17, 15) is 14.4 Å². The molecule has 242 valence electrons. The summed E-state index contributed by atoms with van der Waals surface area (Å²) in [6.07, 6.45) is 14.4. The van der Waals surface area contributed by atoms with Gasteiger partial charge in [-0.1, -0.05) is 46.6 Å². The monoisotopic (exact) mass is 590 g/mol. The maximum Gasteiger partial charge on any atom is 0.311 e. The van der Waals surface area contributed by atoms with E-state index in [2.05, 4.69) is 48.1 Å². The van der Waals surface area contributed by atoms with Gasteiger partial charge in [0.1, 0.15) is 0 Å². The summed E-state index contributed by atoms with van der Waals surface area (Å²) in [4.78, 5) is 40.3. The fraction of sp³-hybridized carbons (Fsp3) is 0.861. The standard InChI is InChI=1S/C36H62O6/c1-9-11-12-15-20-42-32(39)36(8,27-33(3,4)5)26-29-19-14-17-22-41-31(38)35(7,25-29)24-28-18-13-16-21-40-30(37)34(6,10-2)23-28/h9,28-29H,1,10-27H2,2-8H3. The van der Waals surface area contributed by atoms with Crippen molar-refractivity contribution in [2.45, 2.75) is 145 Å². The van der Waals surface area contributed by atoms with Gasteiger partial charge in [-0.25, -0.2) is 0 Å². The number of allylic oxidation sites excluding steroid dienone is 1. The third kappa shape index (κ3) is 11.3. The lowest BCUT2D eigenvalue weighted by Gasteiger charge is -2.40. The summed E-state index contributed by atoms with van der Waals surface area (Å²) in [5.41, 5.74) is -1.91. The van der Waals surface area contributed by atoms with Crippen molar-refractivity contribution >= 4 is 17.9 Å². The van der Waals surface area contributed by atoms with Gasteiger partial charge >= 0.3 is 17.9 Å². The van der Waals surface area contributed by atoms with E-state index in [1.165, 1.54) is 0 Å². The van der Waals surface area contributed by atoms with Crippen LogP contribution in [0.5, 0.6) is 0 Å². The smallest absolute Gasteiger partial charge is 0.311 e. The van der Waals surface area contributed by atoms with E-state index in [0.29, 0.717) is 45.5 Å². The van der Waals surface area contributed by atoms with Crippen molar-refractivity contribution in [2.75, 3.05) is 19.8 Å². The summed E-state index contributed by atoms with van der Waals surface area (Å²) in [6.45, 7) is 19.9. The van der Waals surface area contributed by atoms with Crippen molar-refractivity contribution in [3.63, 3.8) is 0 Å². The fourth-order valence-corrected chi connectivity index (χ4v) is 7.60. The Morgan fingerprint density at radius 2 is 1.50 bits per heavy atom. The third-order valence-corrected chi connectivity index (χ3v) is 9.65. The molecule has 2 heterocycles. The molecule has 5 unspecified atom stereocenters. The van der Waals surface area contributed by atoms with Gasteiger partial charge in [-0.3, -0.25) is 14.4 Å². The van der Waals surface area contributed by atoms with Gasteiger partial charge in [0.15, 0.2) is 0 Å². The molecule has 6 heteroatoms. The molecule has 2 fully saturated rings. The maximum atomic E-state index is 13.7. The summed E-state index contributed by atoms with van der Waals surface area (Å²) in [6, 6.07) is 0. The van der Waals surface area contributed by atoms with E-state index in [0.717, 1.165) is 70.6 Å². The Bertz CT molecular complexity index is 890. The number of esters is 3. The molecule has 5 atom stereocenters. The number of carbonyl (C=O) groups is 3. The Morgan fingerprint density at radius 3 is 2.07 bits per heavy atom. The van der Waals surface area contributed by atoms with Crippen molar-refractivity contribution in [2.24, 2.45) is 33.5 Å². The molecule has 0 N–H and O–H groups in total. The minimum atomic E-state index is -0.677. The average Bonchev–Trinajstić information content (AvgIpc) is 3.00. The molecular weight excluding hydrogens is 528 g/mol. The first kappa shape index (κ1) is 36.3. The SMILES string of the molecule is C=CCCCCOC(=O)C(C)(CC1CCCCOC(=O)C(C)(CC2CCCCOC(=O)C(C)(CC)C2)C1)CC(C)(C)C. The molecule has 2 rings (SSSR count). The third-order valence-electron chi connectivity index (χ3n) is 9.65. The molecule has 0 aliphatic carbocycles. The molecule has 0 bridgehead atoms. The topological polar surface area (TPSA) is 78.9 Å². The molecule has 2 aliphatic rings. The Kier molecular flexibility index (Phi) is 14.1. The second-order valence-electron chi connectivity index (χ2n) is 15.5. The Hall–Kier alpha value is -1.85. The van der Waals surface area contributed by atoms with Crippen molar-refractivity contribution in [3.05, 3.63) is 12.7 Å². The van der Waals surface area contributed by atoms with Crippen LogP contribution in [0.3, 0.4) is 0 Å². The van der Waals surface area contributed by atoms with Crippen molar-refractivity contribution in [1.82, 2.24) is 0 Å². The predicted molar refractivity (Wildman–Crippen MR) is 169 cm³/mol. The average molecular weight is 591 g/mol. The molecular formula is C36H62O6. The molecule has 0 aromatic heterocycles. The lowest BCUT2D eigenvalue weighted by Crippen LogP contribution is -2.39. The zero-order chi connectivity index (χ0) is 31.4. The van der Waals surface area contributed by atoms with Gasteiger partial charge in [0, 0.05) is 0 Å². The first-order valence-electron chi connectivity index (χ1n) is 16.8. The lowest BCUT2D eigenvalue weighted by atomic mass is 9.64. The Balaban J connectivity index is 2.32. The number of cyclic esters (lactones) is 2. The first-order chi connectivity index (χ1) is 19.7. The van der Waals surface area contributed by atoms with Gasteiger partial charge < -0.3 is 14.2 Å². The van der Waals surface area contributed by atoms with Crippen molar-refractivity contribution in [1.29, 1.82) is 0 Å². The highest BCUT2D eigenvalue weighted by atomic mass is 16.5. The molecule has 0 aromatic carbocycles. The van der Waals surface area contributed by atoms with Crippen LogP contribution in [-0.2, 0) is 28.6 Å². The first-order valence-corrected chi connectivity index (χ1v) is 16.8. The summed E-state index contributed by atoms with van der Waals surface area (Å²) in [7, 11) is 0. The van der Waals surface area contributed by atoms with E-state index in [1.54, 1.807) is 0 Å². The highest BCUT2D eigenvalue weighted by Gasteiger charge is 2.46. The van der Waals surface area contributed by atoms with Gasteiger partial charge in [0.05, 0.1) is 36.1 Å². The molecule has 0 saturated carbocycles. The van der Waals surface area contributed by atoms with Crippen LogP contribution in [-0.4, -0.2) is 37.7 Å². The summed E-state index contributed by atoms with van der Waals surface area (Å²) in [5.74, 6) is 0.0604. The second-order valence-corrected chi connectivity index (χ2v) is 15.5. The summed E-state index contributed by atoms with van der Waals surface area (Å²) < 4.78 is 17.4. The minimum absolute atomic E-state index is 0.0477. The number of rotatable bonds is 12. The van der Waals surface area contributed by atoms with Crippen molar-refractivity contribution in [3.8, 4) is 0 Å². The van der Waals surface area contributed by atoms with E-state index >= 15 is 0 Å². The van der Waals surface area contributed by atoms with E-state index in [4.69, 9.17) is 14.2 Å². The van der Waals surface area contributed by atoms with Gasteiger partial charge in [0.25, 0.3) is 0 Å². The van der Waals surface area contributed by atoms with Crippen LogP contribution in [0.25, 0.3) is 0 Å². The Morgan fingerprint density at radius 1 is 0.929 bits per heavy atom. The molecule has 2 aliphatic heterocycles. The largest absolute Gasteiger partial charge is 0.465 e. The van der Waals surface area contributed by atoms with E-state index in [-0.39, 0.29) is 35.2 Å². The van der Waals surface area contributed by atoms with Crippen LogP contribution in [0.15, 0.2) is 12.7 Å². The van der Waals surface area contributed by atoms with Crippen LogP contribution in [0.2, 0.25) is 0 Å². The Labute approximate surface area is 257 Å². The fourth-order valence-electron chi connectivity index (χ4n) is 7.60. The van der Waals surface area contributed by atoms with Crippen LogP contribution >= 0.6 is 0 Å². The lowest BCUT2D eigenvalue weighted by molar-refractivity contribution is -0.159. The highest BCUT2D eigenvalue weighted by molar-refractivity contribution is 5.78. The quantitative estimate of drug-likeness (QED) is 0.0977. The second kappa shape index (κ2) is 16.3. The molecule has 0 radical (unpaired) electrons. The maximum absolute atomic E-state index is 13.7. The highest BCUT2D eigenvalue weighted by Crippen LogP contribution is 2.47. The number of carbonyl (C=O) groups excluding carboxylic acids is 3. The van der Waals surface area contributed by atoms with E-state index in [1.807, 2.05) is 13.0 Å². The number of ether oxygens (including phenoxy) is 3. The summed E-state index contributed by atoms with van der Waals surface area (Å²) >= 11 is 0. The normalized spacial score (nSPS) is 29.7. The molecule has 0 aromatic rings. The van der Waals surface area contributed by atoms with Gasteiger partial charge in [-0.05, 0) is 121 Å². The molecule has 2 saturated heterocycles. The van der Waals surface area contributed by atoms with Crippen LogP contribution in [0.4, 0.5) is 0 Å². The van der Waals surface area contributed by atoms with Gasteiger partial charge in [-0.15, -0.1) is 6.58 Å². The zero-order valence-electron chi connectivity index (χ0n) is 28.1. The van der Waals surface area contributed by atoms with Crippen LogP contribution in [0.1, 0.15) is 145 Å². The van der Waals surface area contributed by atoms with Gasteiger partial charge in [-0.2, -0.15) is 0 Å². The molecule has 0 spiro atoms.